The summed E-state index contributed by atoms with van der Waals surface area (Å²) < 4.78 is 1.93. The highest BCUT2D eigenvalue weighted by Crippen LogP contribution is 2.32. The Balaban J connectivity index is 1.96. The minimum absolute atomic E-state index is 0.374. The molecule has 0 unspecified atom stereocenters. The number of H-pyrrole nitrogens is 1. The van der Waals surface area contributed by atoms with Crippen molar-refractivity contribution < 1.29 is 0 Å². The highest BCUT2D eigenvalue weighted by Gasteiger charge is 2.18. The fourth-order valence-electron chi connectivity index (χ4n) is 2.98. The van der Waals surface area contributed by atoms with Gasteiger partial charge in [0.25, 0.3) is 0 Å². The van der Waals surface area contributed by atoms with Crippen LogP contribution in [0.3, 0.4) is 0 Å². The van der Waals surface area contributed by atoms with E-state index in [1.807, 2.05) is 42.2 Å². The Labute approximate surface area is 140 Å². The Bertz CT molecular complexity index is 1010. The van der Waals surface area contributed by atoms with E-state index in [-0.39, 0.29) is 0 Å². The molecule has 0 saturated carbocycles. The van der Waals surface area contributed by atoms with Gasteiger partial charge in [-0.2, -0.15) is 10.2 Å². The van der Waals surface area contributed by atoms with Crippen molar-refractivity contribution in [2.24, 2.45) is 0 Å². The standard InChI is InChI=1S/C19H19N5/c1-12(2)16-11-21-24(18-6-4-5-13(3)22-18)19(16)14-7-8-17-15(9-14)10-20-23-17/h4-12H,1-3H3,(H,20,23). The number of nitrogens with one attached hydrogen (secondary N) is 1. The maximum Gasteiger partial charge on any atom is 0.154 e. The number of pyridine rings is 1. The van der Waals surface area contributed by atoms with Crippen LogP contribution in [0.1, 0.15) is 31.0 Å². The van der Waals surface area contributed by atoms with Gasteiger partial charge in [-0.25, -0.2) is 9.67 Å². The number of hydrogen-bond donors (Lipinski definition) is 1. The van der Waals surface area contributed by atoms with Crippen LogP contribution in [-0.2, 0) is 0 Å². The first kappa shape index (κ1) is 14.6. The second-order valence-corrected chi connectivity index (χ2v) is 6.32. The maximum absolute atomic E-state index is 4.64. The normalized spacial score (nSPS) is 11.5. The zero-order valence-corrected chi connectivity index (χ0v) is 14.0. The zero-order chi connectivity index (χ0) is 16.7. The van der Waals surface area contributed by atoms with Crippen molar-refractivity contribution in [3.05, 3.63) is 60.0 Å². The Kier molecular flexibility index (Phi) is 3.41. The lowest BCUT2D eigenvalue weighted by Gasteiger charge is -2.12. The quantitative estimate of drug-likeness (QED) is 0.615. The lowest BCUT2D eigenvalue weighted by atomic mass is 9.99. The molecule has 0 saturated heterocycles. The fourth-order valence-corrected chi connectivity index (χ4v) is 2.98. The molecule has 4 rings (SSSR count). The second kappa shape index (κ2) is 5.60. The number of benzene rings is 1. The molecule has 24 heavy (non-hydrogen) atoms. The van der Waals surface area contributed by atoms with Gasteiger partial charge in [-0.3, -0.25) is 5.10 Å². The molecule has 120 valence electrons. The number of aromatic nitrogens is 5. The molecule has 5 nitrogen and oxygen atoms in total. The molecule has 0 radical (unpaired) electrons. The monoisotopic (exact) mass is 317 g/mol. The minimum Gasteiger partial charge on any atom is -0.278 e. The topological polar surface area (TPSA) is 59.4 Å². The van der Waals surface area contributed by atoms with Crippen molar-refractivity contribution in [3.8, 4) is 17.1 Å². The van der Waals surface area contributed by atoms with Crippen LogP contribution >= 0.6 is 0 Å². The summed E-state index contributed by atoms with van der Waals surface area (Å²) in [5, 5.41) is 12.8. The molecule has 0 spiro atoms. The summed E-state index contributed by atoms with van der Waals surface area (Å²) in [7, 11) is 0. The summed E-state index contributed by atoms with van der Waals surface area (Å²) in [6.45, 7) is 6.36. The highest BCUT2D eigenvalue weighted by atomic mass is 15.3. The van der Waals surface area contributed by atoms with Crippen molar-refractivity contribution >= 4 is 10.9 Å². The first-order valence-electron chi connectivity index (χ1n) is 8.09. The maximum atomic E-state index is 4.64. The molecule has 0 bridgehead atoms. The summed E-state index contributed by atoms with van der Waals surface area (Å²) in [6.07, 6.45) is 3.79. The molecular weight excluding hydrogens is 298 g/mol. The molecule has 3 heterocycles. The first-order valence-corrected chi connectivity index (χ1v) is 8.09. The van der Waals surface area contributed by atoms with Crippen LogP contribution in [0.4, 0.5) is 0 Å². The van der Waals surface area contributed by atoms with Crippen molar-refractivity contribution in [1.82, 2.24) is 25.0 Å². The molecule has 0 aliphatic rings. The van der Waals surface area contributed by atoms with E-state index in [1.54, 1.807) is 0 Å². The smallest absolute Gasteiger partial charge is 0.154 e. The molecule has 0 amide bonds. The van der Waals surface area contributed by atoms with Crippen LogP contribution in [0.5, 0.6) is 0 Å². The number of hydrogen-bond acceptors (Lipinski definition) is 3. The van der Waals surface area contributed by atoms with E-state index in [0.717, 1.165) is 33.7 Å². The van der Waals surface area contributed by atoms with Crippen LogP contribution in [0, 0.1) is 6.92 Å². The molecule has 1 N–H and O–H groups in total. The SMILES string of the molecule is Cc1cccc(-n2ncc(C(C)C)c2-c2ccc3[nH]ncc3c2)n1. The summed E-state index contributed by atoms with van der Waals surface area (Å²) in [5.74, 6) is 1.21. The van der Waals surface area contributed by atoms with Gasteiger partial charge >= 0.3 is 0 Å². The Morgan fingerprint density at radius 3 is 2.75 bits per heavy atom. The van der Waals surface area contributed by atoms with Crippen LogP contribution in [-0.4, -0.2) is 25.0 Å². The number of aryl methyl sites for hydroxylation is 1. The van der Waals surface area contributed by atoms with Crippen LogP contribution in [0.25, 0.3) is 28.0 Å². The minimum atomic E-state index is 0.374. The van der Waals surface area contributed by atoms with E-state index in [2.05, 4.69) is 52.3 Å². The van der Waals surface area contributed by atoms with E-state index in [4.69, 9.17) is 0 Å². The van der Waals surface area contributed by atoms with E-state index >= 15 is 0 Å². The molecular formula is C19H19N5. The predicted octanol–water partition coefficient (Wildman–Crippen LogP) is 4.24. The van der Waals surface area contributed by atoms with Crippen molar-refractivity contribution in [1.29, 1.82) is 0 Å². The Hall–Kier alpha value is -2.95. The van der Waals surface area contributed by atoms with E-state index in [0.29, 0.717) is 5.92 Å². The molecule has 4 aromatic rings. The van der Waals surface area contributed by atoms with Gasteiger partial charge in [-0.15, -0.1) is 0 Å². The largest absolute Gasteiger partial charge is 0.278 e. The average Bonchev–Trinajstić information content (AvgIpc) is 3.20. The number of aromatic amines is 1. The van der Waals surface area contributed by atoms with Gasteiger partial charge in [0.05, 0.1) is 23.6 Å². The zero-order valence-electron chi connectivity index (χ0n) is 14.0. The van der Waals surface area contributed by atoms with Crippen molar-refractivity contribution in [2.45, 2.75) is 26.7 Å². The first-order chi connectivity index (χ1) is 11.6. The lowest BCUT2D eigenvalue weighted by Crippen LogP contribution is -2.03. The molecule has 0 aliphatic heterocycles. The van der Waals surface area contributed by atoms with E-state index in [1.165, 1.54) is 5.56 Å². The number of fused-ring (bicyclic) bond motifs is 1. The van der Waals surface area contributed by atoms with E-state index in [9.17, 15) is 0 Å². The Morgan fingerprint density at radius 2 is 1.96 bits per heavy atom. The van der Waals surface area contributed by atoms with Gasteiger partial charge in [-0.05, 0) is 37.1 Å². The van der Waals surface area contributed by atoms with Crippen molar-refractivity contribution in [3.63, 3.8) is 0 Å². The number of nitrogens with zero attached hydrogens (tertiary/aromatic N) is 4. The lowest BCUT2D eigenvalue weighted by molar-refractivity contribution is 0.843. The van der Waals surface area contributed by atoms with E-state index < -0.39 is 0 Å². The number of rotatable bonds is 3. The highest BCUT2D eigenvalue weighted by molar-refractivity contribution is 5.84. The van der Waals surface area contributed by atoms with Crippen LogP contribution < -0.4 is 0 Å². The molecule has 0 atom stereocenters. The summed E-state index contributed by atoms with van der Waals surface area (Å²) in [4.78, 5) is 4.64. The molecule has 1 aromatic carbocycles. The van der Waals surface area contributed by atoms with Crippen molar-refractivity contribution in [2.75, 3.05) is 0 Å². The third-order valence-corrected chi connectivity index (χ3v) is 4.22. The summed E-state index contributed by atoms with van der Waals surface area (Å²) >= 11 is 0. The van der Waals surface area contributed by atoms with Gasteiger partial charge in [0, 0.05) is 22.2 Å². The van der Waals surface area contributed by atoms with Gasteiger partial charge in [0.2, 0.25) is 0 Å². The van der Waals surface area contributed by atoms with Gasteiger partial charge in [0.1, 0.15) is 0 Å². The predicted molar refractivity (Wildman–Crippen MR) is 95.3 cm³/mol. The fraction of sp³-hybridized carbons (Fsp3) is 0.211. The molecule has 0 aliphatic carbocycles. The summed E-state index contributed by atoms with van der Waals surface area (Å²) in [5.41, 5.74) is 5.43. The Morgan fingerprint density at radius 1 is 1.08 bits per heavy atom. The van der Waals surface area contributed by atoms with Gasteiger partial charge in [-0.1, -0.05) is 26.0 Å². The third kappa shape index (κ3) is 2.38. The second-order valence-electron chi connectivity index (χ2n) is 6.32. The van der Waals surface area contributed by atoms with Crippen LogP contribution in [0.2, 0.25) is 0 Å². The molecule has 5 heteroatoms. The summed E-state index contributed by atoms with van der Waals surface area (Å²) in [6, 6.07) is 12.3. The van der Waals surface area contributed by atoms with Gasteiger partial charge < -0.3 is 0 Å². The van der Waals surface area contributed by atoms with Gasteiger partial charge in [0.15, 0.2) is 5.82 Å². The molecule has 3 aromatic heterocycles. The average molecular weight is 317 g/mol. The third-order valence-electron chi connectivity index (χ3n) is 4.22. The van der Waals surface area contributed by atoms with Crippen LogP contribution in [0.15, 0.2) is 48.8 Å². The molecule has 0 fully saturated rings.